The van der Waals surface area contributed by atoms with E-state index in [9.17, 15) is 10.2 Å². The van der Waals surface area contributed by atoms with E-state index in [1.54, 1.807) is 24.3 Å². The summed E-state index contributed by atoms with van der Waals surface area (Å²) in [5, 5.41) is 19.0. The van der Waals surface area contributed by atoms with Crippen molar-refractivity contribution >= 4 is 30.6 Å². The van der Waals surface area contributed by atoms with Gasteiger partial charge in [0, 0.05) is 12.1 Å². The molecule has 2 aromatic rings. The van der Waals surface area contributed by atoms with Crippen molar-refractivity contribution in [3.8, 4) is 23.0 Å². The molecule has 0 amide bonds. The Morgan fingerprint density at radius 2 is 1.29 bits per heavy atom. The highest BCUT2D eigenvalue weighted by atomic mass is 33.1. The molecular weight excluding hydrogens is 327 g/mol. The summed E-state index contributed by atoms with van der Waals surface area (Å²) >= 11 is 9.57. The number of hydrogen-bond acceptors (Lipinski definition) is 6. The second-order valence-corrected chi connectivity index (χ2v) is 9.69. The molecule has 0 aromatic heterocycles. The maximum absolute atomic E-state index is 9.50. The van der Waals surface area contributed by atoms with Gasteiger partial charge in [0.25, 0.3) is 0 Å². The molecule has 0 aliphatic heterocycles. The van der Waals surface area contributed by atoms with Crippen LogP contribution in [-0.4, -0.2) is 10.2 Å². The van der Waals surface area contributed by atoms with Crippen LogP contribution in [-0.2, 0) is 12.2 Å². The summed E-state index contributed by atoms with van der Waals surface area (Å²) in [4.78, 5) is 0. The molecule has 0 atom stereocenters. The highest BCUT2D eigenvalue weighted by Gasteiger charge is 2.27. The molecule has 0 aliphatic carbocycles. The number of phenols is 2. The van der Waals surface area contributed by atoms with Gasteiger partial charge in [-0.1, -0.05) is 12.1 Å². The third-order valence-corrected chi connectivity index (χ3v) is 4.56. The topological polar surface area (TPSA) is 58.9 Å². The summed E-state index contributed by atoms with van der Waals surface area (Å²) in [7, 11) is 0. The van der Waals surface area contributed by atoms with Gasteiger partial charge >= 0.3 is 6.12 Å². The smallest absolute Gasteiger partial charge is 0.307 e. The van der Waals surface area contributed by atoms with E-state index in [-0.39, 0.29) is 11.5 Å². The summed E-state index contributed by atoms with van der Waals surface area (Å²) < 4.78 is 11.3. The summed E-state index contributed by atoms with van der Waals surface area (Å²) in [5.41, 5.74) is 1.62. The first-order valence-electron chi connectivity index (χ1n) is 6.08. The third kappa shape index (κ3) is 4.37. The fourth-order valence-corrected chi connectivity index (χ4v) is 3.58. The van der Waals surface area contributed by atoms with Crippen LogP contribution in [0.4, 0.5) is 0 Å². The summed E-state index contributed by atoms with van der Waals surface area (Å²) in [6.07, 6.45) is -2.92. The van der Waals surface area contributed by atoms with Crippen molar-refractivity contribution in [3.05, 3.63) is 47.5 Å². The van der Waals surface area contributed by atoms with Crippen LogP contribution >= 0.6 is 18.4 Å². The Labute approximate surface area is 134 Å². The Morgan fingerprint density at radius 1 is 0.905 bits per heavy atom. The van der Waals surface area contributed by atoms with E-state index in [4.69, 9.17) is 21.3 Å². The zero-order valence-electron chi connectivity index (χ0n) is 11.5. The lowest BCUT2D eigenvalue weighted by molar-refractivity contribution is 0.460. The van der Waals surface area contributed by atoms with E-state index >= 15 is 0 Å². The lowest BCUT2D eigenvalue weighted by Gasteiger charge is -2.24. The highest BCUT2D eigenvalue weighted by Crippen LogP contribution is 2.63. The van der Waals surface area contributed by atoms with E-state index in [1.165, 1.54) is 12.1 Å². The number of rotatable bonds is 4. The van der Waals surface area contributed by atoms with E-state index < -0.39 is 6.12 Å². The second kappa shape index (κ2) is 6.26. The molecule has 7 heteroatoms. The minimum absolute atomic E-state index is 0.0764. The monoisotopic (exact) mass is 342 g/mol. The van der Waals surface area contributed by atoms with Crippen molar-refractivity contribution in [2.45, 2.75) is 13.8 Å². The van der Waals surface area contributed by atoms with Gasteiger partial charge in [0.15, 0.2) is 11.5 Å². The molecule has 0 radical (unpaired) electrons. The summed E-state index contributed by atoms with van der Waals surface area (Å²) in [6.45, 7) is 3.66. The molecule has 0 heterocycles. The lowest BCUT2D eigenvalue weighted by Crippen LogP contribution is -2.02. The van der Waals surface area contributed by atoms with E-state index in [2.05, 4.69) is 12.2 Å². The average molecular weight is 342 g/mol. The van der Waals surface area contributed by atoms with E-state index in [0.29, 0.717) is 11.5 Å². The Kier molecular flexibility index (Phi) is 4.81. The maximum atomic E-state index is 9.50. The van der Waals surface area contributed by atoms with E-state index in [0.717, 1.165) is 11.1 Å². The van der Waals surface area contributed by atoms with Gasteiger partial charge in [-0.15, -0.1) is 0 Å². The molecule has 0 aliphatic rings. The van der Waals surface area contributed by atoms with Crippen LogP contribution < -0.4 is 9.05 Å². The molecule has 0 saturated carbocycles. The predicted octanol–water partition coefficient (Wildman–Crippen LogP) is 4.33. The van der Waals surface area contributed by atoms with Crippen LogP contribution in [0.5, 0.6) is 23.0 Å². The van der Waals surface area contributed by atoms with Gasteiger partial charge in [-0.25, -0.2) is 0 Å². The van der Waals surface area contributed by atoms with Crippen molar-refractivity contribution in [3.63, 3.8) is 0 Å². The number of benzene rings is 2. The Bertz CT molecular complexity index is 606. The van der Waals surface area contributed by atoms with Gasteiger partial charge in [0.05, 0.1) is 12.2 Å². The van der Waals surface area contributed by atoms with Crippen LogP contribution in [0.3, 0.4) is 0 Å². The molecule has 2 N–H and O–H groups in total. The van der Waals surface area contributed by atoms with Crippen LogP contribution in [0.2, 0.25) is 0 Å². The predicted molar refractivity (Wildman–Crippen MR) is 90.2 cm³/mol. The number of thiol groups is 1. The minimum atomic E-state index is -2.92. The molecule has 112 valence electrons. The highest BCUT2D eigenvalue weighted by molar-refractivity contribution is 8.76. The quantitative estimate of drug-likeness (QED) is 0.439. The number of hydrogen-bond donors (Lipinski definition) is 3. The number of aromatic hydroxyl groups is 2. The van der Waals surface area contributed by atoms with Crippen LogP contribution in [0.25, 0.3) is 0 Å². The molecule has 4 nitrogen and oxygen atoms in total. The first kappa shape index (κ1) is 16.1. The normalized spacial score (nSPS) is 11.2. The Balaban J connectivity index is 2.22. The zero-order chi connectivity index (χ0) is 15.6. The van der Waals surface area contributed by atoms with Gasteiger partial charge in [0.2, 0.25) is 0 Å². The van der Waals surface area contributed by atoms with Gasteiger partial charge in [0.1, 0.15) is 11.5 Å². The largest absolute Gasteiger partial charge is 0.508 e. The molecule has 0 unspecified atom stereocenters. The van der Waals surface area contributed by atoms with Crippen LogP contribution in [0.1, 0.15) is 11.1 Å². The standard InChI is InChI=1S/C14H15O4PS2/c1-9-3-5-11(15)7-13(9)17-19(20,21)18-14-8-12(16)6-4-10(14)2/h3-8,15-16H,1-2H3,(H,20,21). The maximum Gasteiger partial charge on any atom is 0.307 e. The third-order valence-electron chi connectivity index (χ3n) is 2.77. The SMILES string of the molecule is Cc1ccc(O)cc1O[P+]([S-])(S)Oc1cc(O)ccc1C. The van der Waals surface area contributed by atoms with Crippen molar-refractivity contribution in [1.82, 2.24) is 0 Å². The first-order valence-corrected chi connectivity index (χ1v) is 9.87. The molecule has 21 heavy (non-hydrogen) atoms. The summed E-state index contributed by atoms with van der Waals surface area (Å²) in [6, 6.07) is 9.48. The molecule has 0 fully saturated rings. The van der Waals surface area contributed by atoms with Crippen molar-refractivity contribution in [2.24, 2.45) is 0 Å². The minimum Gasteiger partial charge on any atom is -0.508 e. The number of aryl methyl sites for hydroxylation is 2. The van der Waals surface area contributed by atoms with Gasteiger partial charge in [-0.3, -0.25) is 0 Å². The van der Waals surface area contributed by atoms with Gasteiger partial charge in [-0.05, 0) is 37.1 Å². The average Bonchev–Trinajstić information content (AvgIpc) is 2.37. The van der Waals surface area contributed by atoms with Crippen LogP contribution in [0.15, 0.2) is 36.4 Å². The number of phenolic OH excluding ortho intramolecular Hbond substituents is 2. The first-order chi connectivity index (χ1) is 9.77. The second-order valence-electron chi connectivity index (χ2n) is 4.55. The van der Waals surface area contributed by atoms with Gasteiger partial charge < -0.3 is 31.5 Å². The lowest BCUT2D eigenvalue weighted by atomic mass is 10.2. The van der Waals surface area contributed by atoms with Crippen molar-refractivity contribution in [2.75, 3.05) is 0 Å². The molecular formula is C14H15O4PS2. The van der Waals surface area contributed by atoms with Crippen molar-refractivity contribution in [1.29, 1.82) is 0 Å². The Hall–Kier alpha value is -1.23. The zero-order valence-corrected chi connectivity index (χ0v) is 14.1. The fraction of sp³-hybridized carbons (Fsp3) is 0.143. The van der Waals surface area contributed by atoms with E-state index in [1.807, 2.05) is 13.8 Å². The Morgan fingerprint density at radius 3 is 1.67 bits per heavy atom. The molecule has 0 saturated heterocycles. The molecule has 2 rings (SSSR count). The summed E-state index contributed by atoms with van der Waals surface area (Å²) in [5.74, 6) is 0.997. The van der Waals surface area contributed by atoms with Gasteiger partial charge in [-0.2, -0.15) is 0 Å². The fourth-order valence-electron chi connectivity index (χ4n) is 1.64. The molecule has 2 aromatic carbocycles. The molecule has 0 spiro atoms. The van der Waals surface area contributed by atoms with Crippen LogP contribution in [0, 0.1) is 13.8 Å². The molecule has 0 bridgehead atoms. The van der Waals surface area contributed by atoms with Crippen molar-refractivity contribution < 1.29 is 19.3 Å².